The summed E-state index contributed by atoms with van der Waals surface area (Å²) in [7, 11) is 0. The molecule has 0 bridgehead atoms. The largest absolute Gasteiger partial charge is 0.361 e. The van der Waals surface area contributed by atoms with Gasteiger partial charge in [-0.05, 0) is 41.8 Å². The number of benzene rings is 2. The van der Waals surface area contributed by atoms with Crippen molar-refractivity contribution in [1.29, 1.82) is 0 Å². The molecule has 0 saturated carbocycles. The molecular formula is C20H15N3. The highest BCUT2D eigenvalue weighted by atomic mass is 14.7. The van der Waals surface area contributed by atoms with Gasteiger partial charge in [0, 0.05) is 34.9 Å². The minimum atomic E-state index is 0.999. The van der Waals surface area contributed by atoms with Gasteiger partial charge in [0.05, 0.1) is 11.0 Å². The third-order valence-corrected chi connectivity index (χ3v) is 3.82. The number of para-hydroxylation sites is 1. The van der Waals surface area contributed by atoms with Crippen molar-refractivity contribution in [3.8, 4) is 0 Å². The van der Waals surface area contributed by atoms with Gasteiger partial charge in [-0.1, -0.05) is 30.3 Å². The van der Waals surface area contributed by atoms with E-state index in [4.69, 9.17) is 0 Å². The predicted molar refractivity (Wildman–Crippen MR) is 95.3 cm³/mol. The van der Waals surface area contributed by atoms with Gasteiger partial charge in [0.2, 0.25) is 0 Å². The van der Waals surface area contributed by atoms with Gasteiger partial charge in [0.15, 0.2) is 0 Å². The van der Waals surface area contributed by atoms with Crippen LogP contribution in [-0.4, -0.2) is 15.0 Å². The number of H-pyrrole nitrogens is 1. The van der Waals surface area contributed by atoms with Crippen LogP contribution < -0.4 is 0 Å². The molecule has 3 heteroatoms. The zero-order chi connectivity index (χ0) is 15.5. The van der Waals surface area contributed by atoms with E-state index in [1.165, 1.54) is 10.9 Å². The van der Waals surface area contributed by atoms with Crippen LogP contribution in [0.25, 0.3) is 32.7 Å². The molecule has 23 heavy (non-hydrogen) atoms. The molecule has 3 aromatic heterocycles. The molecule has 5 rings (SSSR count). The lowest BCUT2D eigenvalue weighted by Gasteiger charge is -2.00. The van der Waals surface area contributed by atoms with Crippen LogP contribution in [-0.2, 0) is 0 Å². The fourth-order valence-electron chi connectivity index (χ4n) is 2.69. The summed E-state index contributed by atoms with van der Waals surface area (Å²) in [5, 5.41) is 3.55. The van der Waals surface area contributed by atoms with Crippen LogP contribution in [0.3, 0.4) is 0 Å². The molecule has 2 aromatic carbocycles. The van der Waals surface area contributed by atoms with E-state index in [1.54, 1.807) is 6.20 Å². The van der Waals surface area contributed by atoms with Crippen molar-refractivity contribution in [3.05, 3.63) is 85.3 Å². The van der Waals surface area contributed by atoms with Crippen LogP contribution in [0.15, 0.2) is 85.3 Å². The van der Waals surface area contributed by atoms with Gasteiger partial charge in [-0.25, -0.2) is 0 Å². The van der Waals surface area contributed by atoms with E-state index >= 15 is 0 Å². The minimum absolute atomic E-state index is 0.999. The van der Waals surface area contributed by atoms with Crippen molar-refractivity contribution in [1.82, 2.24) is 15.0 Å². The summed E-state index contributed by atoms with van der Waals surface area (Å²) < 4.78 is 0. The first-order valence-electron chi connectivity index (χ1n) is 7.52. The summed E-state index contributed by atoms with van der Waals surface area (Å²) in [5.74, 6) is 0. The summed E-state index contributed by atoms with van der Waals surface area (Å²) in [6.07, 6.45) is 5.57. The summed E-state index contributed by atoms with van der Waals surface area (Å²) in [4.78, 5) is 11.8. The Balaban J connectivity index is 0.000000130. The van der Waals surface area contributed by atoms with E-state index in [-0.39, 0.29) is 0 Å². The number of pyridine rings is 2. The number of hydrogen-bond donors (Lipinski definition) is 1. The number of aromatic nitrogens is 3. The number of rotatable bonds is 0. The Morgan fingerprint density at radius 2 is 1.48 bits per heavy atom. The molecule has 0 aliphatic rings. The lowest BCUT2D eigenvalue weighted by Crippen LogP contribution is -1.82. The van der Waals surface area contributed by atoms with Gasteiger partial charge < -0.3 is 4.98 Å². The van der Waals surface area contributed by atoms with Gasteiger partial charge >= 0.3 is 0 Å². The Labute approximate surface area is 133 Å². The molecule has 110 valence electrons. The molecular weight excluding hydrogens is 282 g/mol. The zero-order valence-electron chi connectivity index (χ0n) is 12.5. The smallest absolute Gasteiger partial charge is 0.0795 e. The van der Waals surface area contributed by atoms with Gasteiger partial charge in [0.25, 0.3) is 0 Å². The molecule has 0 unspecified atom stereocenters. The number of fused-ring (bicyclic) bond motifs is 4. The molecule has 3 nitrogen and oxygen atoms in total. The molecule has 0 spiro atoms. The maximum absolute atomic E-state index is 4.37. The second-order valence-electron chi connectivity index (χ2n) is 5.28. The third-order valence-electron chi connectivity index (χ3n) is 3.82. The number of hydrogen-bond acceptors (Lipinski definition) is 2. The van der Waals surface area contributed by atoms with Crippen molar-refractivity contribution in [2.45, 2.75) is 0 Å². The van der Waals surface area contributed by atoms with E-state index in [9.17, 15) is 0 Å². The predicted octanol–water partition coefficient (Wildman–Crippen LogP) is 4.95. The molecule has 3 heterocycles. The Kier molecular flexibility index (Phi) is 3.45. The highest BCUT2D eigenvalue weighted by Crippen LogP contribution is 2.20. The van der Waals surface area contributed by atoms with Crippen molar-refractivity contribution >= 4 is 32.7 Å². The average molecular weight is 297 g/mol. The first-order chi connectivity index (χ1) is 11.4. The second-order valence-corrected chi connectivity index (χ2v) is 5.28. The number of aromatic amines is 1. The minimum Gasteiger partial charge on any atom is -0.361 e. The van der Waals surface area contributed by atoms with Crippen LogP contribution in [0, 0.1) is 0 Å². The molecule has 0 aliphatic carbocycles. The van der Waals surface area contributed by atoms with Crippen molar-refractivity contribution in [2.24, 2.45) is 0 Å². The van der Waals surface area contributed by atoms with E-state index in [2.05, 4.69) is 51.4 Å². The molecule has 1 N–H and O–H groups in total. The Bertz CT molecular complexity index is 995. The summed E-state index contributed by atoms with van der Waals surface area (Å²) in [6, 6.07) is 22.4. The lowest BCUT2D eigenvalue weighted by molar-refractivity contribution is 1.39. The zero-order valence-corrected chi connectivity index (χ0v) is 12.5. The maximum atomic E-state index is 4.37. The van der Waals surface area contributed by atoms with E-state index < -0.39 is 0 Å². The summed E-state index contributed by atoms with van der Waals surface area (Å²) >= 11 is 0. The van der Waals surface area contributed by atoms with Crippen LogP contribution in [0.4, 0.5) is 0 Å². The van der Waals surface area contributed by atoms with Crippen LogP contribution >= 0.6 is 0 Å². The molecule has 0 radical (unpaired) electrons. The normalized spacial score (nSPS) is 10.6. The molecule has 0 aliphatic heterocycles. The first-order valence-corrected chi connectivity index (χ1v) is 7.52. The maximum Gasteiger partial charge on any atom is 0.0795 e. The molecule has 0 amide bonds. The standard InChI is InChI=1S/C12H8N2.C8H7N/c1-3-9-5-6-11-10(4-2-7-13-11)12(9)14-8-1;1-2-4-8-7(3-1)5-6-9-8/h1-8H;1-6,9H. The number of nitrogens with one attached hydrogen (secondary N) is 1. The van der Waals surface area contributed by atoms with Gasteiger partial charge in [0.1, 0.15) is 0 Å². The average Bonchev–Trinajstić information content (AvgIpc) is 3.11. The lowest BCUT2D eigenvalue weighted by atomic mass is 10.1. The fraction of sp³-hybridized carbons (Fsp3) is 0. The van der Waals surface area contributed by atoms with Crippen molar-refractivity contribution < 1.29 is 0 Å². The summed E-state index contributed by atoms with van der Waals surface area (Å²) in [6.45, 7) is 0. The Hall–Kier alpha value is -3.20. The summed E-state index contributed by atoms with van der Waals surface area (Å²) in [5.41, 5.74) is 3.23. The Morgan fingerprint density at radius 3 is 2.43 bits per heavy atom. The first kappa shape index (κ1) is 13.5. The third kappa shape index (κ3) is 2.64. The number of nitrogens with zero attached hydrogens (tertiary/aromatic N) is 2. The quantitative estimate of drug-likeness (QED) is 0.411. The van der Waals surface area contributed by atoms with Crippen molar-refractivity contribution in [2.75, 3.05) is 0 Å². The van der Waals surface area contributed by atoms with Crippen LogP contribution in [0.2, 0.25) is 0 Å². The van der Waals surface area contributed by atoms with Crippen LogP contribution in [0.5, 0.6) is 0 Å². The van der Waals surface area contributed by atoms with Crippen LogP contribution in [0.1, 0.15) is 0 Å². The van der Waals surface area contributed by atoms with E-state index in [0.29, 0.717) is 0 Å². The van der Waals surface area contributed by atoms with Gasteiger partial charge in [-0.3, -0.25) is 9.97 Å². The molecule has 0 saturated heterocycles. The molecule has 0 fully saturated rings. The molecule has 0 atom stereocenters. The highest BCUT2D eigenvalue weighted by Gasteiger charge is 1.99. The highest BCUT2D eigenvalue weighted by molar-refractivity contribution is 6.03. The van der Waals surface area contributed by atoms with E-state index in [0.717, 1.165) is 21.8 Å². The topological polar surface area (TPSA) is 41.6 Å². The van der Waals surface area contributed by atoms with Crippen molar-refractivity contribution in [3.63, 3.8) is 0 Å². The Morgan fingerprint density at radius 1 is 0.652 bits per heavy atom. The molecule has 5 aromatic rings. The fourth-order valence-corrected chi connectivity index (χ4v) is 2.69. The van der Waals surface area contributed by atoms with Gasteiger partial charge in [-0.15, -0.1) is 0 Å². The monoisotopic (exact) mass is 297 g/mol. The second kappa shape index (κ2) is 5.89. The van der Waals surface area contributed by atoms with E-state index in [1.807, 2.05) is 42.7 Å². The SMILES string of the molecule is c1ccc2[nH]ccc2c1.c1cnc2c(c1)ccc1ncccc12. The van der Waals surface area contributed by atoms with Gasteiger partial charge in [-0.2, -0.15) is 0 Å².